The van der Waals surface area contributed by atoms with Gasteiger partial charge in [0.2, 0.25) is 0 Å². The molecule has 0 amide bonds. The van der Waals surface area contributed by atoms with Crippen LogP contribution in [0, 0.1) is 0 Å². The van der Waals surface area contributed by atoms with Crippen LogP contribution in [0.5, 0.6) is 23.0 Å². The Bertz CT molecular complexity index is 1350. The summed E-state index contributed by atoms with van der Waals surface area (Å²) in [6.45, 7) is 0.329. The average molecular weight is 459 g/mol. The molecule has 0 spiro atoms. The van der Waals surface area contributed by atoms with Crippen molar-refractivity contribution in [1.82, 2.24) is 0 Å². The van der Waals surface area contributed by atoms with Gasteiger partial charge in [-0.15, -0.1) is 0 Å². The predicted octanol–water partition coefficient (Wildman–Crippen LogP) is 6.07. The van der Waals surface area contributed by atoms with Crippen LogP contribution in [0.3, 0.4) is 0 Å². The average Bonchev–Trinajstić information content (AvgIpc) is 3.36. The molecule has 0 saturated heterocycles. The van der Waals surface area contributed by atoms with Crippen LogP contribution in [-0.4, -0.2) is 18.3 Å². The topological polar surface area (TPSA) is 78.1 Å². The molecule has 0 radical (unpaired) electrons. The summed E-state index contributed by atoms with van der Waals surface area (Å²) < 4.78 is 23.5. The lowest BCUT2D eigenvalue weighted by Gasteiger charge is -2.17. The van der Waals surface area contributed by atoms with Crippen LogP contribution in [0.15, 0.2) is 75.9 Å². The molecule has 174 valence electrons. The molecule has 0 unspecified atom stereocenters. The van der Waals surface area contributed by atoms with E-state index in [0.717, 1.165) is 31.2 Å². The normalized spacial score (nSPS) is 13.8. The molecule has 0 atom stereocenters. The number of hydrogen-bond acceptors (Lipinski definition) is 6. The fourth-order valence-corrected chi connectivity index (χ4v) is 4.32. The Hall–Kier alpha value is -3.93. The first-order valence-corrected chi connectivity index (χ1v) is 11.4. The number of phenolic OH excluding ortho intramolecular Hbond substituents is 1. The molecule has 1 heterocycles. The molecule has 34 heavy (non-hydrogen) atoms. The minimum Gasteiger partial charge on any atom is -0.507 e. The highest BCUT2D eigenvalue weighted by atomic mass is 16.5. The van der Waals surface area contributed by atoms with E-state index < -0.39 is 0 Å². The van der Waals surface area contributed by atoms with E-state index >= 15 is 0 Å². The highest BCUT2D eigenvalue weighted by Gasteiger charge is 2.20. The standard InChI is InChI=1S/C28H26O6/c1-31-24-12-11-19(13-26(24)33-20-9-5-6-10-20)25-16-23(30)28-22(29)14-21(15-27(28)34-25)32-17-18-7-3-2-4-8-18/h2-4,7-8,11-16,20,29H,5-6,9-10,17H2,1H3. The maximum Gasteiger partial charge on any atom is 0.197 e. The first-order valence-electron chi connectivity index (χ1n) is 11.4. The minimum absolute atomic E-state index is 0.117. The van der Waals surface area contributed by atoms with E-state index in [1.165, 1.54) is 12.1 Å². The van der Waals surface area contributed by atoms with Crippen LogP contribution in [0.4, 0.5) is 0 Å². The van der Waals surface area contributed by atoms with Crippen molar-refractivity contribution in [3.05, 3.63) is 82.5 Å². The Labute approximate surface area is 197 Å². The minimum atomic E-state index is -0.336. The van der Waals surface area contributed by atoms with Gasteiger partial charge in [0, 0.05) is 23.8 Å². The highest BCUT2D eigenvalue weighted by Crippen LogP contribution is 2.37. The summed E-state index contributed by atoms with van der Waals surface area (Å²) >= 11 is 0. The predicted molar refractivity (Wildman–Crippen MR) is 130 cm³/mol. The molecule has 6 heteroatoms. The summed E-state index contributed by atoms with van der Waals surface area (Å²) in [6.07, 6.45) is 4.51. The lowest BCUT2D eigenvalue weighted by atomic mass is 10.1. The van der Waals surface area contributed by atoms with Gasteiger partial charge in [0.05, 0.1) is 13.2 Å². The Morgan fingerprint density at radius 3 is 2.53 bits per heavy atom. The first-order chi connectivity index (χ1) is 16.6. The summed E-state index contributed by atoms with van der Waals surface area (Å²) in [5.41, 5.74) is 1.59. The third kappa shape index (κ3) is 4.57. The van der Waals surface area contributed by atoms with Crippen LogP contribution in [-0.2, 0) is 6.61 Å². The van der Waals surface area contributed by atoms with Crippen LogP contribution in [0.2, 0.25) is 0 Å². The second-order valence-electron chi connectivity index (χ2n) is 8.45. The lowest BCUT2D eigenvalue weighted by molar-refractivity contribution is 0.201. The van der Waals surface area contributed by atoms with E-state index in [2.05, 4.69) is 0 Å². The van der Waals surface area contributed by atoms with Crippen molar-refractivity contribution >= 4 is 11.0 Å². The number of rotatable bonds is 7. The van der Waals surface area contributed by atoms with Crippen LogP contribution < -0.4 is 19.6 Å². The maximum atomic E-state index is 12.9. The van der Waals surface area contributed by atoms with Crippen molar-refractivity contribution < 1.29 is 23.7 Å². The van der Waals surface area contributed by atoms with Gasteiger partial charge in [0.25, 0.3) is 0 Å². The zero-order valence-corrected chi connectivity index (χ0v) is 19.0. The van der Waals surface area contributed by atoms with Gasteiger partial charge in [-0.05, 0) is 49.4 Å². The number of ether oxygens (including phenoxy) is 3. The molecule has 3 aromatic carbocycles. The quantitative estimate of drug-likeness (QED) is 0.362. The molecule has 1 aliphatic rings. The number of benzene rings is 3. The van der Waals surface area contributed by atoms with Gasteiger partial charge in [-0.25, -0.2) is 0 Å². The van der Waals surface area contributed by atoms with Gasteiger partial charge in [-0.1, -0.05) is 30.3 Å². The van der Waals surface area contributed by atoms with Crippen molar-refractivity contribution in [2.24, 2.45) is 0 Å². The van der Waals surface area contributed by atoms with E-state index in [9.17, 15) is 9.90 Å². The Morgan fingerprint density at radius 1 is 0.971 bits per heavy atom. The van der Waals surface area contributed by atoms with E-state index in [-0.39, 0.29) is 28.3 Å². The van der Waals surface area contributed by atoms with Gasteiger partial charge in [-0.3, -0.25) is 4.79 Å². The van der Waals surface area contributed by atoms with Crippen LogP contribution in [0.25, 0.3) is 22.3 Å². The molecule has 1 aliphatic carbocycles. The molecule has 0 aliphatic heterocycles. The summed E-state index contributed by atoms with van der Waals surface area (Å²) in [6, 6.07) is 19.6. The maximum absolute atomic E-state index is 12.9. The molecule has 1 N–H and O–H groups in total. The summed E-state index contributed by atoms with van der Waals surface area (Å²) in [4.78, 5) is 12.9. The Morgan fingerprint density at radius 2 is 1.76 bits per heavy atom. The summed E-state index contributed by atoms with van der Waals surface area (Å²) in [7, 11) is 1.60. The van der Waals surface area contributed by atoms with E-state index in [1.54, 1.807) is 19.2 Å². The number of fused-ring (bicyclic) bond motifs is 1. The Kier molecular flexibility index (Phi) is 6.12. The molecule has 5 rings (SSSR count). The van der Waals surface area contributed by atoms with Gasteiger partial charge in [-0.2, -0.15) is 0 Å². The number of aromatic hydroxyl groups is 1. The molecule has 4 aromatic rings. The summed E-state index contributed by atoms with van der Waals surface area (Å²) in [5.74, 6) is 1.86. The van der Waals surface area contributed by atoms with Gasteiger partial charge in [0.15, 0.2) is 16.9 Å². The fraction of sp³-hybridized carbons (Fsp3) is 0.250. The second kappa shape index (κ2) is 9.51. The lowest BCUT2D eigenvalue weighted by Crippen LogP contribution is -2.11. The van der Waals surface area contributed by atoms with Crippen molar-refractivity contribution in [1.29, 1.82) is 0 Å². The molecule has 1 aromatic heterocycles. The number of methoxy groups -OCH3 is 1. The number of phenols is 1. The second-order valence-corrected chi connectivity index (χ2v) is 8.45. The highest BCUT2D eigenvalue weighted by molar-refractivity contribution is 5.86. The van der Waals surface area contributed by atoms with Crippen LogP contribution >= 0.6 is 0 Å². The molecule has 6 nitrogen and oxygen atoms in total. The van der Waals surface area contributed by atoms with Crippen molar-refractivity contribution in [2.45, 2.75) is 38.4 Å². The zero-order valence-electron chi connectivity index (χ0n) is 19.0. The first kappa shape index (κ1) is 21.9. The van der Waals surface area contributed by atoms with Gasteiger partial charge < -0.3 is 23.7 Å². The molecule has 1 fully saturated rings. The SMILES string of the molecule is COc1ccc(-c2cc(=O)c3c(O)cc(OCc4ccccc4)cc3o2)cc1OC1CCCC1. The summed E-state index contributed by atoms with van der Waals surface area (Å²) in [5, 5.41) is 10.6. The third-order valence-corrected chi connectivity index (χ3v) is 6.08. The van der Waals surface area contributed by atoms with Crippen LogP contribution in [0.1, 0.15) is 31.2 Å². The molecule has 1 saturated carbocycles. The molecule has 0 bridgehead atoms. The van der Waals surface area contributed by atoms with Crippen molar-refractivity contribution in [2.75, 3.05) is 7.11 Å². The third-order valence-electron chi connectivity index (χ3n) is 6.08. The monoisotopic (exact) mass is 458 g/mol. The smallest absolute Gasteiger partial charge is 0.197 e. The van der Waals surface area contributed by atoms with E-state index in [4.69, 9.17) is 18.6 Å². The number of hydrogen-bond donors (Lipinski definition) is 1. The van der Waals surface area contributed by atoms with Gasteiger partial charge in [0.1, 0.15) is 34.8 Å². The van der Waals surface area contributed by atoms with E-state index in [0.29, 0.717) is 35.2 Å². The largest absolute Gasteiger partial charge is 0.507 e. The van der Waals surface area contributed by atoms with Crippen molar-refractivity contribution in [3.8, 4) is 34.3 Å². The van der Waals surface area contributed by atoms with Crippen molar-refractivity contribution in [3.63, 3.8) is 0 Å². The van der Waals surface area contributed by atoms with Gasteiger partial charge >= 0.3 is 0 Å². The molecular weight excluding hydrogens is 432 g/mol. The molecular formula is C28H26O6. The zero-order chi connectivity index (χ0) is 23.5. The Balaban J connectivity index is 1.49. The fourth-order valence-electron chi connectivity index (χ4n) is 4.32. The van der Waals surface area contributed by atoms with E-state index in [1.807, 2.05) is 42.5 Å².